The molecule has 5 atom stereocenters. The lowest BCUT2D eigenvalue weighted by atomic mass is 9.86. The molecule has 4 N–H and O–H groups in total. The van der Waals surface area contributed by atoms with Crippen molar-refractivity contribution in [1.82, 2.24) is 0 Å². The van der Waals surface area contributed by atoms with E-state index in [1.807, 2.05) is 0 Å². The maximum Gasteiger partial charge on any atom is 0.348 e. The largest absolute Gasteiger partial charge is 0.506 e. The van der Waals surface area contributed by atoms with Crippen molar-refractivity contribution in [2.24, 2.45) is 0 Å². The summed E-state index contributed by atoms with van der Waals surface area (Å²) in [6, 6.07) is 7.76. The Hall–Kier alpha value is -3.70. The van der Waals surface area contributed by atoms with E-state index >= 15 is 0 Å². The van der Waals surface area contributed by atoms with Gasteiger partial charge < -0.3 is 38.7 Å². The highest BCUT2D eigenvalue weighted by Crippen LogP contribution is 2.45. The molecule has 1 aliphatic rings. The number of phenolic OH excluding ortho intramolecular Hbond substituents is 1. The smallest absolute Gasteiger partial charge is 0.348 e. The SMILES string of the molecule is Cc1ccc2oc(=O)c3c(O)c4cccc(O[C@@H]5O[C@H](C)[C@@H](O)[C@@](C)(O)[C@H]5O)c4c4oc(=O)c1c2c34. The quantitative estimate of drug-likeness (QED) is 0.163. The fraction of sp³-hybridized carbons (Fsp3) is 0.308. The van der Waals surface area contributed by atoms with E-state index in [1.165, 1.54) is 32.0 Å². The maximum absolute atomic E-state index is 13.1. The molecule has 2 aromatic heterocycles. The molecule has 0 bridgehead atoms. The molecule has 3 aromatic carbocycles. The predicted octanol–water partition coefficient (Wildman–Crippen LogP) is 2.25. The lowest BCUT2D eigenvalue weighted by Crippen LogP contribution is -2.65. The number of benzene rings is 3. The van der Waals surface area contributed by atoms with Gasteiger partial charge in [-0.05, 0) is 38.5 Å². The Kier molecular flexibility index (Phi) is 4.68. The van der Waals surface area contributed by atoms with Crippen LogP contribution in [0, 0.1) is 6.92 Å². The van der Waals surface area contributed by atoms with Crippen molar-refractivity contribution in [3.63, 3.8) is 0 Å². The molecule has 10 heteroatoms. The first-order valence-corrected chi connectivity index (χ1v) is 11.3. The molecule has 0 radical (unpaired) electrons. The molecule has 0 unspecified atom stereocenters. The van der Waals surface area contributed by atoms with Crippen molar-refractivity contribution in [2.75, 3.05) is 0 Å². The number of aliphatic hydroxyl groups excluding tert-OH is 2. The molecule has 1 fully saturated rings. The first-order chi connectivity index (χ1) is 17.0. The van der Waals surface area contributed by atoms with Crippen LogP contribution in [0.25, 0.3) is 43.5 Å². The second kappa shape index (κ2) is 7.40. The molecule has 10 nitrogen and oxygen atoms in total. The van der Waals surface area contributed by atoms with Crippen molar-refractivity contribution < 1.29 is 38.7 Å². The van der Waals surface area contributed by atoms with Crippen LogP contribution in [0.5, 0.6) is 11.5 Å². The predicted molar refractivity (Wildman–Crippen MR) is 129 cm³/mol. The van der Waals surface area contributed by atoms with Gasteiger partial charge in [0.1, 0.15) is 40.3 Å². The van der Waals surface area contributed by atoms with Crippen molar-refractivity contribution in [2.45, 2.75) is 51.0 Å². The van der Waals surface area contributed by atoms with Gasteiger partial charge in [-0.3, -0.25) is 0 Å². The van der Waals surface area contributed by atoms with Crippen LogP contribution >= 0.6 is 0 Å². The molecule has 0 spiro atoms. The van der Waals surface area contributed by atoms with Gasteiger partial charge in [0.2, 0.25) is 6.29 Å². The molecular weight excluding hydrogens is 472 g/mol. The monoisotopic (exact) mass is 494 g/mol. The summed E-state index contributed by atoms with van der Waals surface area (Å²) in [5.41, 5.74) is -2.67. The third kappa shape index (κ3) is 2.86. The molecule has 186 valence electrons. The number of aryl methyl sites for hydroxylation is 1. The average Bonchev–Trinajstić information content (AvgIpc) is 2.83. The molecule has 0 saturated carbocycles. The Labute approximate surface area is 201 Å². The first-order valence-electron chi connectivity index (χ1n) is 11.3. The molecule has 1 saturated heterocycles. The Morgan fingerprint density at radius 1 is 0.917 bits per heavy atom. The minimum atomic E-state index is -1.94. The summed E-state index contributed by atoms with van der Waals surface area (Å²) in [5.74, 6) is -0.343. The molecule has 36 heavy (non-hydrogen) atoms. The lowest BCUT2D eigenvalue weighted by molar-refractivity contribution is -0.300. The van der Waals surface area contributed by atoms with Crippen molar-refractivity contribution in [3.8, 4) is 11.5 Å². The second-order valence-electron chi connectivity index (χ2n) is 9.46. The van der Waals surface area contributed by atoms with E-state index in [4.69, 9.17) is 18.3 Å². The van der Waals surface area contributed by atoms with Gasteiger partial charge in [-0.15, -0.1) is 0 Å². The summed E-state index contributed by atoms with van der Waals surface area (Å²) in [7, 11) is 0. The number of hydrogen-bond donors (Lipinski definition) is 4. The Morgan fingerprint density at radius 3 is 2.39 bits per heavy atom. The Balaban J connectivity index is 1.70. The van der Waals surface area contributed by atoms with Crippen molar-refractivity contribution in [3.05, 3.63) is 56.7 Å². The van der Waals surface area contributed by atoms with Gasteiger partial charge in [-0.25, -0.2) is 9.59 Å². The number of aromatic hydroxyl groups is 1. The summed E-state index contributed by atoms with van der Waals surface area (Å²) >= 11 is 0. The number of hydrogen-bond acceptors (Lipinski definition) is 10. The summed E-state index contributed by atoms with van der Waals surface area (Å²) in [5, 5.41) is 43.6. The van der Waals surface area contributed by atoms with Crippen LogP contribution in [-0.4, -0.2) is 50.6 Å². The van der Waals surface area contributed by atoms with Crippen LogP contribution in [0.4, 0.5) is 0 Å². The number of aliphatic hydroxyl groups is 3. The van der Waals surface area contributed by atoms with E-state index in [2.05, 4.69) is 0 Å². The number of rotatable bonds is 2. The average molecular weight is 494 g/mol. The Bertz CT molecular complexity index is 1800. The summed E-state index contributed by atoms with van der Waals surface area (Å²) in [6.45, 7) is 4.50. The number of fused-ring (bicyclic) bond motifs is 2. The zero-order valence-corrected chi connectivity index (χ0v) is 19.4. The zero-order chi connectivity index (χ0) is 25.7. The van der Waals surface area contributed by atoms with Crippen LogP contribution < -0.4 is 16.0 Å². The first kappa shape index (κ1) is 22.7. The highest BCUT2D eigenvalue weighted by molar-refractivity contribution is 6.28. The molecule has 5 aromatic rings. The van der Waals surface area contributed by atoms with Gasteiger partial charge >= 0.3 is 11.3 Å². The minimum absolute atomic E-state index is 0.0143. The normalized spacial score (nSPS) is 26.9. The van der Waals surface area contributed by atoms with Gasteiger partial charge in [-0.1, -0.05) is 18.2 Å². The topological polar surface area (TPSA) is 160 Å². The summed E-state index contributed by atoms with van der Waals surface area (Å²) in [4.78, 5) is 26.0. The Morgan fingerprint density at radius 2 is 1.64 bits per heavy atom. The zero-order valence-electron chi connectivity index (χ0n) is 19.4. The van der Waals surface area contributed by atoms with Gasteiger partial charge in [-0.2, -0.15) is 0 Å². The molecule has 0 aliphatic carbocycles. The number of ether oxygens (including phenoxy) is 2. The molecule has 1 aliphatic heterocycles. The number of phenols is 1. The van der Waals surface area contributed by atoms with Crippen molar-refractivity contribution >= 4 is 43.5 Å². The van der Waals surface area contributed by atoms with E-state index in [-0.39, 0.29) is 43.8 Å². The van der Waals surface area contributed by atoms with Crippen LogP contribution in [0.3, 0.4) is 0 Å². The van der Waals surface area contributed by atoms with E-state index < -0.39 is 47.2 Å². The third-order valence-electron chi connectivity index (χ3n) is 7.15. The third-order valence-corrected chi connectivity index (χ3v) is 7.15. The fourth-order valence-corrected chi connectivity index (χ4v) is 5.17. The fourth-order valence-electron chi connectivity index (χ4n) is 5.17. The summed E-state index contributed by atoms with van der Waals surface area (Å²) < 4.78 is 22.7. The highest BCUT2D eigenvalue weighted by Gasteiger charge is 2.52. The molecular formula is C26H22O10. The highest BCUT2D eigenvalue weighted by atomic mass is 16.7. The van der Waals surface area contributed by atoms with Crippen LogP contribution in [0.2, 0.25) is 0 Å². The van der Waals surface area contributed by atoms with E-state index in [9.17, 15) is 30.0 Å². The molecule has 6 rings (SSSR count). The second-order valence-corrected chi connectivity index (χ2v) is 9.46. The van der Waals surface area contributed by atoms with Gasteiger partial charge in [0.05, 0.1) is 16.9 Å². The maximum atomic E-state index is 13.1. The van der Waals surface area contributed by atoms with Crippen molar-refractivity contribution in [1.29, 1.82) is 0 Å². The van der Waals surface area contributed by atoms with Crippen LogP contribution in [0.1, 0.15) is 19.4 Å². The molecule has 0 amide bonds. The van der Waals surface area contributed by atoms with Crippen LogP contribution in [-0.2, 0) is 4.74 Å². The van der Waals surface area contributed by atoms with Gasteiger partial charge in [0.15, 0.2) is 5.58 Å². The minimum Gasteiger partial charge on any atom is -0.506 e. The van der Waals surface area contributed by atoms with E-state index in [0.717, 1.165) is 0 Å². The van der Waals surface area contributed by atoms with E-state index in [1.54, 1.807) is 19.1 Å². The van der Waals surface area contributed by atoms with Gasteiger partial charge in [0.25, 0.3) is 0 Å². The lowest BCUT2D eigenvalue weighted by Gasteiger charge is -2.45. The van der Waals surface area contributed by atoms with Gasteiger partial charge in [0, 0.05) is 16.2 Å². The summed E-state index contributed by atoms with van der Waals surface area (Å²) in [6.07, 6.45) is -5.31. The van der Waals surface area contributed by atoms with E-state index in [0.29, 0.717) is 10.9 Å². The molecule has 3 heterocycles. The standard InChI is InChI=1S/C26H22O10/c1-9-7-8-13-16-14(9)23(30)36-20-15-11(19(27)18(17(16)20)24(31)34-13)5-4-6-12(15)35-25-22(29)26(3,32)21(28)10(2)33-25/h4-8,10,21-22,25,27-29,32H,1-3H3/t10-,21-,22+,25+,26-/m1/s1. The van der Waals surface area contributed by atoms with Crippen LogP contribution in [0.15, 0.2) is 48.8 Å².